The van der Waals surface area contributed by atoms with Gasteiger partial charge in [0, 0.05) is 5.69 Å². The Morgan fingerprint density at radius 1 is 1.30 bits per heavy atom. The number of nitrogen functional groups attached to an aromatic ring is 2. The molecule has 54 valence electrons. The Kier molecular flexibility index (Phi) is 1.98. The molecule has 4 N–H and O–H groups in total. The van der Waals surface area contributed by atoms with E-state index in [4.69, 9.17) is 11.5 Å². The molecule has 0 atom stereocenters. The van der Waals surface area contributed by atoms with E-state index >= 15 is 0 Å². The zero-order valence-corrected chi connectivity index (χ0v) is 7.22. The fourth-order valence-corrected chi connectivity index (χ4v) is 1.30. The zero-order chi connectivity index (χ0) is 7.72. The van der Waals surface area contributed by atoms with E-state index in [1.807, 2.05) is 22.6 Å². The van der Waals surface area contributed by atoms with Gasteiger partial charge < -0.3 is 11.5 Å². The maximum Gasteiger partial charge on any atom is 0.159 e. The molecule has 0 unspecified atom stereocenters. The molecule has 0 aliphatic rings. The van der Waals surface area contributed by atoms with Crippen LogP contribution in [-0.4, -0.2) is 0 Å². The van der Waals surface area contributed by atoms with E-state index in [9.17, 15) is 4.39 Å². The normalized spacial score (nSPS) is 9.80. The summed E-state index contributed by atoms with van der Waals surface area (Å²) >= 11 is 1.84. The first-order valence-corrected chi connectivity index (χ1v) is 3.69. The first-order chi connectivity index (χ1) is 4.61. The van der Waals surface area contributed by atoms with Gasteiger partial charge in [-0.2, -0.15) is 0 Å². The number of halogens is 2. The summed E-state index contributed by atoms with van der Waals surface area (Å²) in [5, 5.41) is 0. The van der Waals surface area contributed by atoms with E-state index in [-0.39, 0.29) is 5.69 Å². The molecule has 0 heterocycles. The highest BCUT2D eigenvalue weighted by molar-refractivity contribution is 14.1. The molecule has 0 spiro atoms. The van der Waals surface area contributed by atoms with Crippen LogP contribution in [0.2, 0.25) is 0 Å². The molecule has 1 rings (SSSR count). The van der Waals surface area contributed by atoms with Gasteiger partial charge in [0.2, 0.25) is 0 Å². The van der Waals surface area contributed by atoms with Crippen LogP contribution in [0.15, 0.2) is 12.1 Å². The first-order valence-electron chi connectivity index (χ1n) is 2.61. The fourth-order valence-electron chi connectivity index (χ4n) is 0.632. The molecule has 2 nitrogen and oxygen atoms in total. The summed E-state index contributed by atoms with van der Waals surface area (Å²) in [7, 11) is 0. The Labute approximate surface area is 71.5 Å². The van der Waals surface area contributed by atoms with Crippen molar-refractivity contribution in [3.05, 3.63) is 21.5 Å². The SMILES string of the molecule is Nc1cc(N)c(F)c(I)c1. The third-order valence-corrected chi connectivity index (χ3v) is 1.86. The Morgan fingerprint density at radius 2 is 1.90 bits per heavy atom. The fraction of sp³-hybridized carbons (Fsp3) is 0. The van der Waals surface area contributed by atoms with Crippen molar-refractivity contribution in [2.45, 2.75) is 0 Å². The molecule has 0 saturated heterocycles. The van der Waals surface area contributed by atoms with E-state index in [0.717, 1.165) is 0 Å². The van der Waals surface area contributed by atoms with Gasteiger partial charge in [-0.15, -0.1) is 0 Å². The Morgan fingerprint density at radius 3 is 2.40 bits per heavy atom. The quantitative estimate of drug-likeness (QED) is 0.544. The molecule has 0 radical (unpaired) electrons. The van der Waals surface area contributed by atoms with Gasteiger partial charge in [0.1, 0.15) is 0 Å². The maximum atomic E-state index is 12.7. The summed E-state index contributed by atoms with van der Waals surface area (Å²) in [5.74, 6) is -0.394. The minimum absolute atomic E-state index is 0.101. The van der Waals surface area contributed by atoms with E-state index in [2.05, 4.69) is 0 Å². The highest BCUT2D eigenvalue weighted by atomic mass is 127. The molecular weight excluding hydrogens is 246 g/mol. The number of anilines is 2. The van der Waals surface area contributed by atoms with Gasteiger partial charge in [0.25, 0.3) is 0 Å². The van der Waals surface area contributed by atoms with Crippen LogP contribution in [0, 0.1) is 9.39 Å². The summed E-state index contributed by atoms with van der Waals surface area (Å²) in [6, 6.07) is 2.93. The highest BCUT2D eigenvalue weighted by Gasteiger charge is 2.02. The standard InChI is InChI=1S/C6H6FIN2/c7-6-4(8)1-3(9)2-5(6)10/h1-2H,9-10H2. The van der Waals surface area contributed by atoms with Crippen LogP contribution < -0.4 is 11.5 Å². The molecule has 4 heteroatoms. The number of nitrogens with two attached hydrogens (primary N) is 2. The third kappa shape index (κ3) is 1.31. The Bertz CT molecular complexity index is 239. The average Bonchev–Trinajstić information content (AvgIpc) is 1.82. The molecule has 0 amide bonds. The summed E-state index contributed by atoms with van der Waals surface area (Å²) in [6.45, 7) is 0. The van der Waals surface area contributed by atoms with Crippen LogP contribution in [0.4, 0.5) is 15.8 Å². The number of hydrogen-bond acceptors (Lipinski definition) is 2. The lowest BCUT2D eigenvalue weighted by Gasteiger charge is -1.99. The Balaban J connectivity index is 3.31. The molecule has 10 heavy (non-hydrogen) atoms. The van der Waals surface area contributed by atoms with Crippen molar-refractivity contribution in [1.29, 1.82) is 0 Å². The largest absolute Gasteiger partial charge is 0.399 e. The van der Waals surface area contributed by atoms with Crippen molar-refractivity contribution in [2.75, 3.05) is 11.5 Å². The van der Waals surface area contributed by atoms with Gasteiger partial charge in [0.05, 0.1) is 9.26 Å². The summed E-state index contributed by atoms with van der Waals surface area (Å²) in [5.41, 5.74) is 11.2. The van der Waals surface area contributed by atoms with Gasteiger partial charge >= 0.3 is 0 Å². The maximum absolute atomic E-state index is 12.7. The van der Waals surface area contributed by atoms with Gasteiger partial charge in [-0.05, 0) is 34.7 Å². The van der Waals surface area contributed by atoms with E-state index < -0.39 is 5.82 Å². The van der Waals surface area contributed by atoms with Crippen molar-refractivity contribution in [2.24, 2.45) is 0 Å². The van der Waals surface area contributed by atoms with Gasteiger partial charge in [0.15, 0.2) is 5.82 Å². The predicted octanol–water partition coefficient (Wildman–Crippen LogP) is 1.59. The smallest absolute Gasteiger partial charge is 0.159 e. The molecule has 0 aromatic heterocycles. The minimum atomic E-state index is -0.394. The van der Waals surface area contributed by atoms with Crippen LogP contribution in [0.3, 0.4) is 0 Å². The monoisotopic (exact) mass is 252 g/mol. The molecule has 0 aliphatic heterocycles. The lowest BCUT2D eigenvalue weighted by atomic mass is 10.3. The van der Waals surface area contributed by atoms with Crippen molar-refractivity contribution in [1.82, 2.24) is 0 Å². The van der Waals surface area contributed by atoms with Crippen LogP contribution >= 0.6 is 22.6 Å². The Hall–Kier alpha value is -0.520. The molecule has 0 aliphatic carbocycles. The van der Waals surface area contributed by atoms with Gasteiger partial charge in [-0.3, -0.25) is 0 Å². The molecular formula is C6H6FIN2. The van der Waals surface area contributed by atoms with Crippen molar-refractivity contribution in [3.8, 4) is 0 Å². The van der Waals surface area contributed by atoms with Gasteiger partial charge in [-0.1, -0.05) is 0 Å². The number of benzene rings is 1. The predicted molar refractivity (Wildman–Crippen MR) is 47.9 cm³/mol. The van der Waals surface area contributed by atoms with Crippen LogP contribution in [0.25, 0.3) is 0 Å². The molecule has 1 aromatic rings. The lowest BCUT2D eigenvalue weighted by molar-refractivity contribution is 0.625. The second kappa shape index (κ2) is 2.61. The highest BCUT2D eigenvalue weighted by Crippen LogP contribution is 2.20. The summed E-state index contributed by atoms with van der Waals surface area (Å²) in [4.78, 5) is 0. The second-order valence-electron chi connectivity index (χ2n) is 1.91. The molecule has 0 bridgehead atoms. The van der Waals surface area contributed by atoms with Crippen LogP contribution in [0.5, 0.6) is 0 Å². The summed E-state index contributed by atoms with van der Waals surface area (Å²) < 4.78 is 13.2. The second-order valence-corrected chi connectivity index (χ2v) is 3.07. The van der Waals surface area contributed by atoms with Gasteiger partial charge in [-0.25, -0.2) is 4.39 Å². The minimum Gasteiger partial charge on any atom is -0.399 e. The molecule has 0 fully saturated rings. The van der Waals surface area contributed by atoms with Crippen molar-refractivity contribution >= 4 is 34.0 Å². The van der Waals surface area contributed by atoms with E-state index in [1.54, 1.807) is 0 Å². The zero-order valence-electron chi connectivity index (χ0n) is 5.07. The topological polar surface area (TPSA) is 52.0 Å². The number of hydrogen-bond donors (Lipinski definition) is 2. The molecule has 1 aromatic carbocycles. The van der Waals surface area contributed by atoms with Crippen molar-refractivity contribution < 1.29 is 4.39 Å². The van der Waals surface area contributed by atoms with Crippen LogP contribution in [-0.2, 0) is 0 Å². The third-order valence-electron chi connectivity index (χ3n) is 1.08. The van der Waals surface area contributed by atoms with Crippen molar-refractivity contribution in [3.63, 3.8) is 0 Å². The lowest BCUT2D eigenvalue weighted by Crippen LogP contribution is -1.96. The molecule has 0 saturated carbocycles. The average molecular weight is 252 g/mol. The number of rotatable bonds is 0. The summed E-state index contributed by atoms with van der Waals surface area (Å²) in [6.07, 6.45) is 0. The van der Waals surface area contributed by atoms with E-state index in [1.165, 1.54) is 12.1 Å². The van der Waals surface area contributed by atoms with Crippen LogP contribution in [0.1, 0.15) is 0 Å². The first kappa shape index (κ1) is 7.59. The van der Waals surface area contributed by atoms with E-state index in [0.29, 0.717) is 9.26 Å².